The summed E-state index contributed by atoms with van der Waals surface area (Å²) in [6.07, 6.45) is -5.45. The van der Waals surface area contributed by atoms with E-state index < -0.39 is 29.8 Å². The van der Waals surface area contributed by atoms with Gasteiger partial charge in [0, 0.05) is 0 Å². The van der Waals surface area contributed by atoms with E-state index in [-0.39, 0.29) is 5.56 Å². The number of carbonyl (C=O) groups is 1. The van der Waals surface area contributed by atoms with Crippen molar-refractivity contribution in [3.8, 4) is 0 Å². The predicted molar refractivity (Wildman–Crippen MR) is 52.2 cm³/mol. The summed E-state index contributed by atoms with van der Waals surface area (Å²) in [4.78, 5) is 10.4. The first-order chi connectivity index (χ1) is 7.63. The molecule has 1 rings (SSSR count). The van der Waals surface area contributed by atoms with Gasteiger partial charge < -0.3 is 5.11 Å². The van der Waals surface area contributed by atoms with Crippen molar-refractivity contribution in [2.75, 3.05) is 0 Å². The fraction of sp³-hybridized carbons (Fsp3) is 0.364. The Kier molecular flexibility index (Phi) is 3.45. The molecule has 0 aromatic heterocycles. The lowest BCUT2D eigenvalue weighted by atomic mass is 9.93. The van der Waals surface area contributed by atoms with Crippen LogP contribution >= 0.6 is 0 Å². The average Bonchev–Trinajstić information content (AvgIpc) is 2.14. The molecule has 17 heavy (non-hydrogen) atoms. The molecule has 0 saturated carbocycles. The molecule has 0 spiro atoms. The lowest BCUT2D eigenvalue weighted by molar-refractivity contribution is -0.140. The molecule has 0 radical (unpaired) electrons. The molecule has 0 heterocycles. The molecule has 1 atom stereocenters. The number of hydrogen-bond donors (Lipinski definition) is 1. The van der Waals surface area contributed by atoms with Crippen LogP contribution in [-0.2, 0) is 16.6 Å². The van der Waals surface area contributed by atoms with Crippen molar-refractivity contribution in [1.82, 2.24) is 0 Å². The Hall–Kier alpha value is -1.59. The van der Waals surface area contributed by atoms with Crippen LogP contribution < -0.4 is 0 Å². The summed E-state index contributed by atoms with van der Waals surface area (Å²) in [5, 5.41) is 8.48. The lowest BCUT2D eigenvalue weighted by Gasteiger charge is -2.19. The zero-order chi connectivity index (χ0) is 13.3. The maximum Gasteiger partial charge on any atom is 0.416 e. The van der Waals surface area contributed by atoms with Gasteiger partial charge in [-0.25, -0.2) is 4.39 Å². The monoisotopic (exact) mass is 250 g/mol. The topological polar surface area (TPSA) is 37.3 Å². The largest absolute Gasteiger partial charge is 0.481 e. The summed E-state index contributed by atoms with van der Waals surface area (Å²) in [6, 6.07) is 3.62. The molecule has 0 fully saturated rings. The highest BCUT2D eigenvalue weighted by Gasteiger charge is 2.34. The fourth-order valence-electron chi connectivity index (χ4n) is 1.41. The van der Waals surface area contributed by atoms with Gasteiger partial charge in [0.2, 0.25) is 0 Å². The van der Waals surface area contributed by atoms with Gasteiger partial charge in [-0.3, -0.25) is 4.79 Å². The van der Waals surface area contributed by atoms with E-state index in [0.717, 1.165) is 25.1 Å². The molecule has 1 unspecified atom stereocenters. The highest BCUT2D eigenvalue weighted by molar-refractivity contribution is 5.68. The number of carboxylic acids is 1. The predicted octanol–water partition coefficient (Wildman–Crippen LogP) is 3.36. The Bertz CT molecular complexity index is 424. The number of carboxylic acid groups (broad SMARTS) is 1. The van der Waals surface area contributed by atoms with Gasteiger partial charge in [-0.2, -0.15) is 13.2 Å². The molecule has 0 bridgehead atoms. The van der Waals surface area contributed by atoms with Gasteiger partial charge in [0.05, 0.1) is 12.0 Å². The van der Waals surface area contributed by atoms with Crippen LogP contribution in [0.5, 0.6) is 0 Å². The molecule has 2 nitrogen and oxygen atoms in total. The molecule has 0 aliphatic rings. The van der Waals surface area contributed by atoms with Crippen LogP contribution in [0.1, 0.15) is 24.5 Å². The van der Waals surface area contributed by atoms with Crippen molar-refractivity contribution in [2.24, 2.45) is 0 Å². The molecule has 94 valence electrons. The third kappa shape index (κ3) is 3.44. The van der Waals surface area contributed by atoms with E-state index in [2.05, 4.69) is 0 Å². The fourth-order valence-corrected chi connectivity index (χ4v) is 1.41. The first kappa shape index (κ1) is 13.5. The number of rotatable bonds is 3. The standard InChI is InChI=1S/C11H10F4O2/c1-10(12,6-9(16)17)7-3-2-4-8(5-7)11(13,14)15/h2-5H,6H2,1H3,(H,16,17). The van der Waals surface area contributed by atoms with E-state index in [0.29, 0.717) is 6.07 Å². The highest BCUT2D eigenvalue weighted by Crippen LogP contribution is 2.34. The van der Waals surface area contributed by atoms with E-state index in [1.54, 1.807) is 0 Å². The first-order valence-electron chi connectivity index (χ1n) is 4.71. The number of benzene rings is 1. The summed E-state index contributed by atoms with van der Waals surface area (Å²) < 4.78 is 51.0. The molecular formula is C11H10F4O2. The normalized spacial score (nSPS) is 15.4. The molecule has 0 aliphatic carbocycles. The van der Waals surface area contributed by atoms with Crippen molar-refractivity contribution < 1.29 is 27.5 Å². The zero-order valence-electron chi connectivity index (χ0n) is 8.88. The van der Waals surface area contributed by atoms with Gasteiger partial charge in [0.25, 0.3) is 0 Å². The average molecular weight is 250 g/mol. The van der Waals surface area contributed by atoms with E-state index in [1.165, 1.54) is 0 Å². The number of hydrogen-bond acceptors (Lipinski definition) is 1. The molecule has 6 heteroatoms. The van der Waals surface area contributed by atoms with Crippen LogP contribution in [0.15, 0.2) is 24.3 Å². The number of halogens is 4. The summed E-state index contributed by atoms with van der Waals surface area (Å²) >= 11 is 0. The Labute approximate surface area is 94.9 Å². The quantitative estimate of drug-likeness (QED) is 0.835. The van der Waals surface area contributed by atoms with Crippen LogP contribution in [0.2, 0.25) is 0 Å². The van der Waals surface area contributed by atoms with E-state index >= 15 is 0 Å². The van der Waals surface area contributed by atoms with Crippen LogP contribution in [0.3, 0.4) is 0 Å². The third-order valence-electron chi connectivity index (χ3n) is 2.28. The van der Waals surface area contributed by atoms with Crippen molar-refractivity contribution in [3.05, 3.63) is 35.4 Å². The number of alkyl halides is 4. The molecule has 1 aromatic carbocycles. The molecule has 0 saturated heterocycles. The minimum absolute atomic E-state index is 0.297. The number of aliphatic carboxylic acids is 1. The second-order valence-corrected chi connectivity index (χ2v) is 3.85. The lowest BCUT2D eigenvalue weighted by Crippen LogP contribution is -2.20. The second-order valence-electron chi connectivity index (χ2n) is 3.85. The van der Waals surface area contributed by atoms with Gasteiger partial charge in [0.15, 0.2) is 0 Å². The maximum absolute atomic E-state index is 13.9. The summed E-state index contributed by atoms with van der Waals surface area (Å²) in [5.74, 6) is -1.41. The first-order valence-corrected chi connectivity index (χ1v) is 4.71. The van der Waals surface area contributed by atoms with Crippen molar-refractivity contribution in [2.45, 2.75) is 25.2 Å². The van der Waals surface area contributed by atoms with Crippen LogP contribution in [-0.4, -0.2) is 11.1 Å². The van der Waals surface area contributed by atoms with Gasteiger partial charge >= 0.3 is 12.1 Å². The molecule has 0 aliphatic heterocycles. The molecule has 1 aromatic rings. The minimum Gasteiger partial charge on any atom is -0.481 e. The third-order valence-corrected chi connectivity index (χ3v) is 2.28. The Morgan fingerprint density at radius 3 is 2.24 bits per heavy atom. The van der Waals surface area contributed by atoms with Crippen LogP contribution in [0, 0.1) is 0 Å². The molecular weight excluding hydrogens is 240 g/mol. The van der Waals surface area contributed by atoms with Crippen LogP contribution in [0.25, 0.3) is 0 Å². The SMILES string of the molecule is CC(F)(CC(=O)O)c1cccc(C(F)(F)F)c1. The molecule has 1 N–H and O–H groups in total. The Morgan fingerprint density at radius 2 is 1.76 bits per heavy atom. The van der Waals surface area contributed by atoms with E-state index in [9.17, 15) is 22.4 Å². The van der Waals surface area contributed by atoms with Gasteiger partial charge in [-0.05, 0) is 24.6 Å². The molecule has 0 amide bonds. The summed E-state index contributed by atoms with van der Waals surface area (Å²) in [6.45, 7) is 0.941. The van der Waals surface area contributed by atoms with Gasteiger partial charge in [-0.15, -0.1) is 0 Å². The van der Waals surface area contributed by atoms with Crippen molar-refractivity contribution in [3.63, 3.8) is 0 Å². The van der Waals surface area contributed by atoms with Crippen molar-refractivity contribution in [1.29, 1.82) is 0 Å². The van der Waals surface area contributed by atoms with Crippen LogP contribution in [0.4, 0.5) is 17.6 Å². The van der Waals surface area contributed by atoms with Gasteiger partial charge in [0.1, 0.15) is 5.67 Å². The summed E-state index contributed by atoms with van der Waals surface area (Å²) in [5.41, 5.74) is -3.62. The Morgan fingerprint density at radius 1 is 1.24 bits per heavy atom. The van der Waals surface area contributed by atoms with Crippen molar-refractivity contribution >= 4 is 5.97 Å². The minimum atomic E-state index is -4.57. The van der Waals surface area contributed by atoms with E-state index in [1.807, 2.05) is 0 Å². The van der Waals surface area contributed by atoms with E-state index in [4.69, 9.17) is 5.11 Å². The summed E-state index contributed by atoms with van der Waals surface area (Å²) in [7, 11) is 0. The highest BCUT2D eigenvalue weighted by atomic mass is 19.4. The smallest absolute Gasteiger partial charge is 0.416 e. The second kappa shape index (κ2) is 4.35. The maximum atomic E-state index is 13.9. The van der Waals surface area contributed by atoms with Gasteiger partial charge in [-0.1, -0.05) is 12.1 Å². The Balaban J connectivity index is 3.11. The zero-order valence-corrected chi connectivity index (χ0v) is 8.88.